The van der Waals surface area contributed by atoms with Crippen LogP contribution in [0.15, 0.2) is 0 Å². The minimum absolute atomic E-state index is 0.562. The summed E-state index contributed by atoms with van der Waals surface area (Å²) in [5.41, 5.74) is 0. The number of unbranched alkanes of at least 4 members (excludes halogenated alkanes) is 8. The molecular weight excluding hydrogens is 562 g/mol. The van der Waals surface area contributed by atoms with Gasteiger partial charge in [-0.05, 0) is 51.4 Å². The van der Waals surface area contributed by atoms with Crippen LogP contribution in [0.1, 0.15) is 158 Å². The summed E-state index contributed by atoms with van der Waals surface area (Å²) in [5.74, 6) is 0. The molecule has 0 N–H and O–H groups in total. The Labute approximate surface area is 250 Å². The molecule has 0 aromatic heterocycles. The standard InChI is InChI=1S/2C16H36P.Cr.4O/c2*1-5-9-13-17(14-10-6-2,15-11-7-3)16-12-8-4;;;;;/h2*5-16H2,1-4H3;;;;;/q2*+1;;;;2*-1. The molecule has 0 atom stereocenters. The second kappa shape index (κ2) is 30.4. The minimum atomic E-state index is -5.75. The Morgan fingerprint density at radius 3 is 0.538 bits per heavy atom. The molecule has 39 heavy (non-hydrogen) atoms. The molecule has 0 aliphatic rings. The van der Waals surface area contributed by atoms with E-state index in [1.807, 2.05) is 0 Å². The topological polar surface area (TPSA) is 80.3 Å². The predicted molar refractivity (Wildman–Crippen MR) is 173 cm³/mol. The zero-order valence-corrected chi connectivity index (χ0v) is 31.0. The summed E-state index contributed by atoms with van der Waals surface area (Å²) in [4.78, 5) is 0. The van der Waals surface area contributed by atoms with Crippen molar-refractivity contribution in [2.24, 2.45) is 0 Å². The summed E-state index contributed by atoms with van der Waals surface area (Å²) in [6.45, 7) is 18.8. The van der Waals surface area contributed by atoms with Crippen molar-refractivity contribution in [1.82, 2.24) is 0 Å². The molecular formula is C32H72CrO4P2. The number of hydrogen-bond acceptors (Lipinski definition) is 4. The van der Waals surface area contributed by atoms with E-state index in [1.54, 1.807) is 49.3 Å². The summed E-state index contributed by atoms with van der Waals surface area (Å²) in [6.07, 6.45) is 35.9. The molecule has 0 amide bonds. The first-order valence-corrected chi connectivity index (χ1v) is 24.0. The maximum absolute atomic E-state index is 8.59. The second-order valence-electron chi connectivity index (χ2n) is 11.7. The van der Waals surface area contributed by atoms with Gasteiger partial charge in [-0.2, -0.15) is 0 Å². The molecule has 4 nitrogen and oxygen atoms in total. The van der Waals surface area contributed by atoms with Crippen LogP contribution in [0.5, 0.6) is 0 Å². The molecule has 0 bridgehead atoms. The normalized spacial score (nSPS) is 11.9. The van der Waals surface area contributed by atoms with Crippen molar-refractivity contribution >= 4 is 14.5 Å². The first-order chi connectivity index (χ1) is 18.5. The van der Waals surface area contributed by atoms with Crippen molar-refractivity contribution in [3.8, 4) is 0 Å². The molecule has 0 aromatic carbocycles. The summed E-state index contributed by atoms with van der Waals surface area (Å²) < 4.78 is 34.4. The van der Waals surface area contributed by atoms with Crippen molar-refractivity contribution in [2.45, 2.75) is 158 Å². The van der Waals surface area contributed by atoms with Gasteiger partial charge < -0.3 is 0 Å². The Morgan fingerprint density at radius 2 is 0.462 bits per heavy atom. The summed E-state index contributed by atoms with van der Waals surface area (Å²) in [5, 5.41) is 0. The first kappa shape index (κ1) is 44.4. The fraction of sp³-hybridized carbons (Fsp3) is 1.00. The van der Waals surface area contributed by atoms with Gasteiger partial charge in [0.15, 0.2) is 0 Å². The molecule has 0 saturated heterocycles. The van der Waals surface area contributed by atoms with E-state index in [2.05, 4.69) is 55.4 Å². The van der Waals surface area contributed by atoms with Crippen LogP contribution in [0.3, 0.4) is 0 Å². The maximum atomic E-state index is 8.59. The fourth-order valence-corrected chi connectivity index (χ4v) is 15.9. The Bertz CT molecular complexity index is 466. The quantitative estimate of drug-likeness (QED) is 0.0990. The number of rotatable bonds is 24. The SMILES string of the molecule is CCCC[P+](CCCC)(CCCC)CCCC.CCCC[P+](CCCC)(CCCC)CCCC.[O]=[Cr](=[O])([O-])[O-]. The zero-order valence-electron chi connectivity index (χ0n) is 27.9. The van der Waals surface area contributed by atoms with Crippen molar-refractivity contribution < 1.29 is 29.5 Å². The molecule has 0 saturated carbocycles. The van der Waals surface area contributed by atoms with Crippen LogP contribution >= 0.6 is 14.5 Å². The van der Waals surface area contributed by atoms with Crippen molar-refractivity contribution in [1.29, 1.82) is 0 Å². The second-order valence-corrected chi connectivity index (χ2v) is 21.9. The average Bonchev–Trinajstić information content (AvgIpc) is 2.91. The molecule has 0 rings (SSSR count). The summed E-state index contributed by atoms with van der Waals surface area (Å²) in [6, 6.07) is 0. The molecule has 0 heterocycles. The molecule has 0 spiro atoms. The van der Waals surface area contributed by atoms with Crippen LogP contribution in [-0.4, -0.2) is 49.3 Å². The molecule has 0 aliphatic heterocycles. The predicted octanol–water partition coefficient (Wildman–Crippen LogP) is 9.79. The number of hydrogen-bond donors (Lipinski definition) is 0. The molecule has 0 aliphatic carbocycles. The third-order valence-corrected chi connectivity index (χ3v) is 18.0. The molecule has 0 radical (unpaired) electrons. The van der Waals surface area contributed by atoms with Gasteiger partial charge in [-0.1, -0.05) is 107 Å². The third-order valence-electron chi connectivity index (χ3n) is 7.89. The van der Waals surface area contributed by atoms with E-state index in [0.717, 1.165) is 0 Å². The van der Waals surface area contributed by atoms with E-state index in [-0.39, 0.29) is 0 Å². The van der Waals surface area contributed by atoms with E-state index in [9.17, 15) is 0 Å². The van der Waals surface area contributed by atoms with Crippen LogP contribution in [0.4, 0.5) is 0 Å². The van der Waals surface area contributed by atoms with Gasteiger partial charge in [-0.25, -0.2) is 0 Å². The fourth-order valence-electron chi connectivity index (χ4n) is 5.29. The molecule has 7 heteroatoms. The van der Waals surface area contributed by atoms with E-state index in [4.69, 9.17) is 15.9 Å². The van der Waals surface area contributed by atoms with Gasteiger partial charge >= 0.3 is 29.5 Å². The Kier molecular flexibility index (Phi) is 34.5. The van der Waals surface area contributed by atoms with Gasteiger partial charge in [0, 0.05) is 14.5 Å². The van der Waals surface area contributed by atoms with E-state index >= 15 is 0 Å². The Hall–Kier alpha value is 0.912. The molecule has 0 unspecified atom stereocenters. The van der Waals surface area contributed by atoms with E-state index in [1.165, 1.54) is 103 Å². The molecule has 240 valence electrons. The van der Waals surface area contributed by atoms with Gasteiger partial charge in [0.25, 0.3) is 0 Å². The molecule has 0 fully saturated rings. The van der Waals surface area contributed by atoms with Crippen molar-refractivity contribution in [3.63, 3.8) is 0 Å². The first-order valence-electron chi connectivity index (χ1n) is 16.9. The van der Waals surface area contributed by atoms with E-state index < -0.39 is 28.1 Å². The van der Waals surface area contributed by atoms with E-state index in [0.29, 0.717) is 0 Å². The van der Waals surface area contributed by atoms with Crippen molar-refractivity contribution in [2.75, 3.05) is 49.3 Å². The Morgan fingerprint density at radius 1 is 0.359 bits per heavy atom. The zero-order chi connectivity index (χ0) is 30.5. The van der Waals surface area contributed by atoms with Crippen LogP contribution < -0.4 is 8.32 Å². The van der Waals surface area contributed by atoms with Crippen LogP contribution in [0, 0.1) is 0 Å². The van der Waals surface area contributed by atoms with Crippen LogP contribution in [0.2, 0.25) is 0 Å². The third kappa shape index (κ3) is 31.7. The Balaban J connectivity index is -0.000000566. The van der Waals surface area contributed by atoms with Gasteiger partial charge in [-0.3, -0.25) is 0 Å². The monoisotopic (exact) mass is 634 g/mol. The average molecular weight is 635 g/mol. The van der Waals surface area contributed by atoms with Gasteiger partial charge in [-0.15, -0.1) is 0 Å². The van der Waals surface area contributed by atoms with Gasteiger partial charge in [0.1, 0.15) is 0 Å². The molecule has 0 aromatic rings. The summed E-state index contributed by atoms with van der Waals surface area (Å²) >= 11 is -5.75. The van der Waals surface area contributed by atoms with Crippen LogP contribution in [0.25, 0.3) is 0 Å². The van der Waals surface area contributed by atoms with Crippen molar-refractivity contribution in [3.05, 3.63) is 0 Å². The van der Waals surface area contributed by atoms with Gasteiger partial charge in [0.2, 0.25) is 0 Å². The van der Waals surface area contributed by atoms with Gasteiger partial charge in [0.05, 0.1) is 49.3 Å². The summed E-state index contributed by atoms with van der Waals surface area (Å²) in [7, 11) is -1.12. The van der Waals surface area contributed by atoms with Crippen LogP contribution in [-0.2, 0) is 21.2 Å².